The molecule has 1 N–H and O–H groups in total. The van der Waals surface area contributed by atoms with Crippen LogP contribution >= 0.6 is 0 Å². The Bertz CT molecular complexity index is 331. The van der Waals surface area contributed by atoms with E-state index < -0.39 is 0 Å². The molecule has 1 fully saturated rings. The lowest BCUT2D eigenvalue weighted by Gasteiger charge is -2.22. The van der Waals surface area contributed by atoms with Crippen molar-refractivity contribution >= 4 is 5.95 Å². The Hall–Kier alpha value is -1.19. The SMILES string of the molecule is Cc1nnc(NC2CCCCC2)nc1C. The van der Waals surface area contributed by atoms with Gasteiger partial charge in [0.05, 0.1) is 11.4 Å². The van der Waals surface area contributed by atoms with E-state index in [0.717, 1.165) is 11.4 Å². The van der Waals surface area contributed by atoms with Crippen LogP contribution in [-0.4, -0.2) is 21.2 Å². The maximum absolute atomic E-state index is 4.38. The fraction of sp³-hybridized carbons (Fsp3) is 0.727. The number of nitrogens with one attached hydrogen (secondary N) is 1. The van der Waals surface area contributed by atoms with Crippen molar-refractivity contribution < 1.29 is 0 Å². The molecule has 1 heterocycles. The van der Waals surface area contributed by atoms with E-state index in [9.17, 15) is 0 Å². The average Bonchev–Trinajstić information content (AvgIpc) is 2.25. The minimum atomic E-state index is 0.544. The van der Waals surface area contributed by atoms with Gasteiger partial charge in [0.15, 0.2) is 0 Å². The van der Waals surface area contributed by atoms with Gasteiger partial charge in [-0.1, -0.05) is 19.3 Å². The molecule has 0 unspecified atom stereocenters. The first-order chi connectivity index (χ1) is 7.25. The molecule has 1 aliphatic rings. The van der Waals surface area contributed by atoms with Crippen LogP contribution in [0, 0.1) is 13.8 Å². The molecule has 4 heteroatoms. The fourth-order valence-electron chi connectivity index (χ4n) is 1.95. The van der Waals surface area contributed by atoms with E-state index in [4.69, 9.17) is 0 Å². The molecule has 4 nitrogen and oxygen atoms in total. The third-order valence-electron chi connectivity index (χ3n) is 3.03. The van der Waals surface area contributed by atoms with Crippen molar-refractivity contribution in [3.63, 3.8) is 0 Å². The topological polar surface area (TPSA) is 50.7 Å². The summed E-state index contributed by atoms with van der Waals surface area (Å²) in [7, 11) is 0. The van der Waals surface area contributed by atoms with Crippen LogP contribution in [0.25, 0.3) is 0 Å². The summed E-state index contributed by atoms with van der Waals surface area (Å²) in [6.07, 6.45) is 6.46. The van der Waals surface area contributed by atoms with E-state index in [0.29, 0.717) is 12.0 Å². The summed E-state index contributed by atoms with van der Waals surface area (Å²) in [6, 6.07) is 0.544. The Labute approximate surface area is 90.5 Å². The molecule has 1 aromatic rings. The van der Waals surface area contributed by atoms with E-state index >= 15 is 0 Å². The second-order valence-corrected chi connectivity index (χ2v) is 4.29. The summed E-state index contributed by atoms with van der Waals surface area (Å²) >= 11 is 0. The lowest BCUT2D eigenvalue weighted by Crippen LogP contribution is -2.24. The zero-order valence-corrected chi connectivity index (χ0v) is 9.45. The molecule has 15 heavy (non-hydrogen) atoms. The van der Waals surface area contributed by atoms with Crippen LogP contribution in [-0.2, 0) is 0 Å². The Morgan fingerprint density at radius 3 is 2.40 bits per heavy atom. The fourth-order valence-corrected chi connectivity index (χ4v) is 1.95. The first-order valence-electron chi connectivity index (χ1n) is 5.70. The van der Waals surface area contributed by atoms with Crippen molar-refractivity contribution in [2.75, 3.05) is 5.32 Å². The van der Waals surface area contributed by atoms with Crippen molar-refractivity contribution in [2.24, 2.45) is 0 Å². The van der Waals surface area contributed by atoms with Crippen molar-refractivity contribution in [2.45, 2.75) is 52.0 Å². The van der Waals surface area contributed by atoms with E-state index in [2.05, 4.69) is 20.5 Å². The summed E-state index contributed by atoms with van der Waals surface area (Å²) in [4.78, 5) is 4.38. The number of aryl methyl sites for hydroxylation is 2. The quantitative estimate of drug-likeness (QED) is 0.806. The minimum Gasteiger partial charge on any atom is -0.350 e. The van der Waals surface area contributed by atoms with Crippen molar-refractivity contribution in [3.8, 4) is 0 Å². The average molecular weight is 206 g/mol. The van der Waals surface area contributed by atoms with Crippen LogP contribution in [0.1, 0.15) is 43.5 Å². The molecule has 0 atom stereocenters. The van der Waals surface area contributed by atoms with Crippen LogP contribution in [0.5, 0.6) is 0 Å². The number of hydrogen-bond donors (Lipinski definition) is 1. The van der Waals surface area contributed by atoms with Gasteiger partial charge in [0.1, 0.15) is 0 Å². The van der Waals surface area contributed by atoms with Gasteiger partial charge in [0.2, 0.25) is 5.95 Å². The van der Waals surface area contributed by atoms with Gasteiger partial charge in [-0.2, -0.15) is 5.10 Å². The first kappa shape index (κ1) is 10.3. The third kappa shape index (κ3) is 2.64. The Kier molecular flexibility index (Phi) is 3.14. The maximum atomic E-state index is 4.38. The second-order valence-electron chi connectivity index (χ2n) is 4.29. The van der Waals surface area contributed by atoms with E-state index in [1.165, 1.54) is 32.1 Å². The molecule has 0 radical (unpaired) electrons. The van der Waals surface area contributed by atoms with E-state index in [1.807, 2.05) is 13.8 Å². The molecule has 2 rings (SSSR count). The highest BCUT2D eigenvalue weighted by atomic mass is 15.2. The number of hydrogen-bond acceptors (Lipinski definition) is 4. The van der Waals surface area contributed by atoms with Gasteiger partial charge in [0, 0.05) is 6.04 Å². The molecule has 1 aromatic heterocycles. The molecular weight excluding hydrogens is 188 g/mol. The third-order valence-corrected chi connectivity index (χ3v) is 3.03. The van der Waals surface area contributed by atoms with Crippen LogP contribution < -0.4 is 5.32 Å². The Balaban J connectivity index is 2.00. The van der Waals surface area contributed by atoms with Gasteiger partial charge in [-0.15, -0.1) is 5.10 Å². The molecule has 82 valence electrons. The van der Waals surface area contributed by atoms with Gasteiger partial charge in [0.25, 0.3) is 0 Å². The van der Waals surface area contributed by atoms with Crippen molar-refractivity contribution in [1.29, 1.82) is 0 Å². The number of nitrogens with zero attached hydrogens (tertiary/aromatic N) is 3. The van der Waals surface area contributed by atoms with Crippen molar-refractivity contribution in [3.05, 3.63) is 11.4 Å². The van der Waals surface area contributed by atoms with Crippen LogP contribution in [0.2, 0.25) is 0 Å². The van der Waals surface area contributed by atoms with E-state index in [1.54, 1.807) is 0 Å². The normalized spacial score (nSPS) is 17.7. The summed E-state index contributed by atoms with van der Waals surface area (Å²) < 4.78 is 0. The molecule has 0 bridgehead atoms. The van der Waals surface area contributed by atoms with Gasteiger partial charge in [-0.25, -0.2) is 4.98 Å². The summed E-state index contributed by atoms with van der Waals surface area (Å²) in [6.45, 7) is 3.90. The lowest BCUT2D eigenvalue weighted by atomic mass is 9.96. The molecule has 1 aliphatic carbocycles. The molecule has 0 aliphatic heterocycles. The number of rotatable bonds is 2. The highest BCUT2D eigenvalue weighted by molar-refractivity contribution is 5.26. The highest BCUT2D eigenvalue weighted by Crippen LogP contribution is 2.19. The lowest BCUT2D eigenvalue weighted by molar-refractivity contribution is 0.460. The smallest absolute Gasteiger partial charge is 0.243 e. The molecule has 0 spiro atoms. The van der Waals surface area contributed by atoms with Crippen molar-refractivity contribution in [1.82, 2.24) is 15.2 Å². The van der Waals surface area contributed by atoms with Crippen LogP contribution in [0.3, 0.4) is 0 Å². The zero-order valence-electron chi connectivity index (χ0n) is 9.45. The standard InChI is InChI=1S/C11H18N4/c1-8-9(2)14-15-11(12-8)13-10-6-4-3-5-7-10/h10H,3-7H2,1-2H3,(H,12,13,15). The van der Waals surface area contributed by atoms with Gasteiger partial charge < -0.3 is 5.32 Å². The van der Waals surface area contributed by atoms with Gasteiger partial charge in [-0.3, -0.25) is 0 Å². The molecule has 0 aromatic carbocycles. The molecule has 1 saturated carbocycles. The van der Waals surface area contributed by atoms with E-state index in [-0.39, 0.29) is 0 Å². The predicted octanol–water partition coefficient (Wildman–Crippen LogP) is 2.23. The van der Waals surface area contributed by atoms with Gasteiger partial charge in [-0.05, 0) is 26.7 Å². The van der Waals surface area contributed by atoms with Crippen LogP contribution in [0.15, 0.2) is 0 Å². The maximum Gasteiger partial charge on any atom is 0.243 e. The second kappa shape index (κ2) is 4.55. The molecule has 0 saturated heterocycles. The monoisotopic (exact) mass is 206 g/mol. The Morgan fingerprint density at radius 2 is 1.73 bits per heavy atom. The molecular formula is C11H18N4. The summed E-state index contributed by atoms with van der Waals surface area (Å²) in [5.74, 6) is 0.685. The zero-order chi connectivity index (χ0) is 10.7. The minimum absolute atomic E-state index is 0.544. The predicted molar refractivity (Wildman–Crippen MR) is 59.8 cm³/mol. The number of aromatic nitrogens is 3. The largest absolute Gasteiger partial charge is 0.350 e. The first-order valence-corrected chi connectivity index (χ1v) is 5.70. The highest BCUT2D eigenvalue weighted by Gasteiger charge is 2.14. The van der Waals surface area contributed by atoms with Gasteiger partial charge >= 0.3 is 0 Å². The number of anilines is 1. The van der Waals surface area contributed by atoms with Crippen LogP contribution in [0.4, 0.5) is 5.95 Å². The summed E-state index contributed by atoms with van der Waals surface area (Å²) in [5, 5.41) is 11.5. The summed E-state index contributed by atoms with van der Waals surface area (Å²) in [5.41, 5.74) is 1.87. The molecule has 0 amide bonds. The Morgan fingerprint density at radius 1 is 1.00 bits per heavy atom.